The van der Waals surface area contributed by atoms with E-state index in [0.29, 0.717) is 0 Å². The van der Waals surface area contributed by atoms with Crippen molar-refractivity contribution < 1.29 is 9.90 Å². The molecule has 1 N–H and O–H groups in total. The van der Waals surface area contributed by atoms with Crippen LogP contribution in [0.25, 0.3) is 0 Å². The minimum Gasteiger partial charge on any atom is -0.481 e. The zero-order chi connectivity index (χ0) is 10.8. The summed E-state index contributed by atoms with van der Waals surface area (Å²) in [4.78, 5) is 10.9. The van der Waals surface area contributed by atoms with Crippen molar-refractivity contribution in [1.82, 2.24) is 9.78 Å². The molecule has 0 bridgehead atoms. The predicted molar refractivity (Wildman–Crippen MR) is 55.6 cm³/mol. The van der Waals surface area contributed by atoms with Crippen LogP contribution in [0, 0.1) is 12.8 Å². The van der Waals surface area contributed by atoms with Crippen molar-refractivity contribution in [2.24, 2.45) is 5.92 Å². The first-order chi connectivity index (χ1) is 7.16. The van der Waals surface area contributed by atoms with Gasteiger partial charge in [0.25, 0.3) is 0 Å². The number of hydrogen-bond acceptors (Lipinski definition) is 2. The molecular weight excluding hydrogens is 192 g/mol. The molecular formula is C11H16N2O2. The Morgan fingerprint density at radius 1 is 1.60 bits per heavy atom. The minimum absolute atomic E-state index is 0.187. The molecule has 1 saturated carbocycles. The predicted octanol–water partition coefficient (Wildman–Crippen LogP) is 2.01. The summed E-state index contributed by atoms with van der Waals surface area (Å²) in [6.45, 7) is 2.00. The van der Waals surface area contributed by atoms with Crippen molar-refractivity contribution in [1.29, 1.82) is 0 Å². The van der Waals surface area contributed by atoms with Gasteiger partial charge in [-0.3, -0.25) is 9.48 Å². The van der Waals surface area contributed by atoms with Crippen molar-refractivity contribution in [2.45, 2.75) is 38.6 Å². The second kappa shape index (κ2) is 4.04. The van der Waals surface area contributed by atoms with Crippen LogP contribution < -0.4 is 0 Å². The molecule has 1 aliphatic carbocycles. The van der Waals surface area contributed by atoms with Gasteiger partial charge in [-0.15, -0.1) is 0 Å². The maximum Gasteiger partial charge on any atom is 0.306 e. The number of carboxylic acids is 1. The summed E-state index contributed by atoms with van der Waals surface area (Å²) in [7, 11) is 0. The molecule has 2 atom stereocenters. The Bertz CT molecular complexity index is 359. The minimum atomic E-state index is -0.663. The maximum atomic E-state index is 10.9. The summed E-state index contributed by atoms with van der Waals surface area (Å²) in [5, 5.41) is 13.2. The van der Waals surface area contributed by atoms with Crippen LogP contribution in [0.4, 0.5) is 0 Å². The van der Waals surface area contributed by atoms with Crippen molar-refractivity contribution in [3.05, 3.63) is 18.0 Å². The number of carboxylic acid groups (broad SMARTS) is 1. The van der Waals surface area contributed by atoms with E-state index in [1.165, 1.54) is 0 Å². The molecule has 1 aromatic heterocycles. The van der Waals surface area contributed by atoms with E-state index in [-0.39, 0.29) is 12.0 Å². The Balaban J connectivity index is 2.07. The van der Waals surface area contributed by atoms with Crippen LogP contribution in [0.3, 0.4) is 0 Å². The van der Waals surface area contributed by atoms with Gasteiger partial charge in [-0.1, -0.05) is 6.42 Å². The lowest BCUT2D eigenvalue weighted by molar-refractivity contribution is -0.143. The molecule has 2 rings (SSSR count). The highest BCUT2D eigenvalue weighted by molar-refractivity contribution is 5.70. The molecule has 1 aliphatic rings. The fourth-order valence-corrected chi connectivity index (χ4v) is 2.26. The number of carbonyl (C=O) groups is 1. The maximum absolute atomic E-state index is 10.9. The number of hydrogen-bond donors (Lipinski definition) is 1. The number of aliphatic carboxylic acids is 1. The number of aryl methyl sites for hydroxylation is 1. The normalized spacial score (nSPS) is 26.5. The molecule has 4 heteroatoms. The van der Waals surface area contributed by atoms with E-state index in [4.69, 9.17) is 5.11 Å². The van der Waals surface area contributed by atoms with Crippen molar-refractivity contribution in [3.63, 3.8) is 0 Å². The third-order valence-electron chi connectivity index (χ3n) is 3.10. The Morgan fingerprint density at radius 3 is 3.00 bits per heavy atom. The zero-order valence-electron chi connectivity index (χ0n) is 8.89. The summed E-state index contributed by atoms with van der Waals surface area (Å²) in [5.74, 6) is -0.850. The molecule has 15 heavy (non-hydrogen) atoms. The van der Waals surface area contributed by atoms with Crippen LogP contribution in [0.5, 0.6) is 0 Å². The van der Waals surface area contributed by atoms with Gasteiger partial charge < -0.3 is 5.11 Å². The van der Waals surface area contributed by atoms with Crippen LogP contribution in [-0.2, 0) is 4.79 Å². The van der Waals surface area contributed by atoms with E-state index in [0.717, 1.165) is 31.2 Å². The first kappa shape index (κ1) is 10.2. The van der Waals surface area contributed by atoms with Crippen LogP contribution in [0.2, 0.25) is 0 Å². The Labute approximate surface area is 88.9 Å². The topological polar surface area (TPSA) is 55.1 Å². The summed E-state index contributed by atoms with van der Waals surface area (Å²) in [5.41, 5.74) is 1.13. The quantitative estimate of drug-likeness (QED) is 0.808. The fourth-order valence-electron chi connectivity index (χ4n) is 2.26. The van der Waals surface area contributed by atoms with Crippen LogP contribution in [0.15, 0.2) is 12.4 Å². The molecule has 2 unspecified atom stereocenters. The van der Waals surface area contributed by atoms with Gasteiger partial charge in [0.15, 0.2) is 0 Å². The lowest BCUT2D eigenvalue weighted by Crippen LogP contribution is -2.24. The number of aromatic nitrogens is 2. The zero-order valence-corrected chi connectivity index (χ0v) is 8.89. The van der Waals surface area contributed by atoms with E-state index >= 15 is 0 Å². The van der Waals surface area contributed by atoms with E-state index < -0.39 is 5.97 Å². The second-order valence-corrected chi connectivity index (χ2v) is 4.35. The van der Waals surface area contributed by atoms with Gasteiger partial charge in [-0.2, -0.15) is 5.10 Å². The van der Waals surface area contributed by atoms with E-state index in [1.54, 1.807) is 0 Å². The van der Waals surface area contributed by atoms with Crippen molar-refractivity contribution in [2.75, 3.05) is 0 Å². The van der Waals surface area contributed by atoms with Gasteiger partial charge in [-0.25, -0.2) is 0 Å². The average molecular weight is 208 g/mol. The van der Waals surface area contributed by atoms with Gasteiger partial charge >= 0.3 is 5.97 Å². The number of rotatable bonds is 2. The van der Waals surface area contributed by atoms with Crippen molar-refractivity contribution >= 4 is 5.97 Å². The van der Waals surface area contributed by atoms with Gasteiger partial charge in [0.1, 0.15) is 0 Å². The first-order valence-corrected chi connectivity index (χ1v) is 5.40. The highest BCUT2D eigenvalue weighted by Gasteiger charge is 2.28. The fraction of sp³-hybridized carbons (Fsp3) is 0.636. The monoisotopic (exact) mass is 208 g/mol. The van der Waals surface area contributed by atoms with Gasteiger partial charge in [-0.05, 0) is 31.7 Å². The molecule has 0 amide bonds. The highest BCUT2D eigenvalue weighted by Crippen LogP contribution is 2.32. The van der Waals surface area contributed by atoms with Crippen molar-refractivity contribution in [3.8, 4) is 0 Å². The van der Waals surface area contributed by atoms with Gasteiger partial charge in [0, 0.05) is 6.20 Å². The smallest absolute Gasteiger partial charge is 0.306 e. The van der Waals surface area contributed by atoms with Crippen LogP contribution in [-0.4, -0.2) is 20.9 Å². The highest BCUT2D eigenvalue weighted by atomic mass is 16.4. The van der Waals surface area contributed by atoms with Crippen LogP contribution >= 0.6 is 0 Å². The molecule has 4 nitrogen and oxygen atoms in total. The SMILES string of the molecule is Cc1cnn(C2CCCC(C(=O)O)C2)c1. The average Bonchev–Trinajstić information content (AvgIpc) is 2.65. The van der Waals surface area contributed by atoms with E-state index in [1.807, 2.05) is 24.0 Å². The summed E-state index contributed by atoms with van der Waals surface area (Å²) in [6.07, 6.45) is 7.38. The summed E-state index contributed by atoms with van der Waals surface area (Å²) < 4.78 is 1.92. The largest absolute Gasteiger partial charge is 0.481 e. The van der Waals surface area contributed by atoms with E-state index in [2.05, 4.69) is 5.10 Å². The Kier molecular flexibility index (Phi) is 2.75. The Morgan fingerprint density at radius 2 is 2.40 bits per heavy atom. The molecule has 1 fully saturated rings. The molecule has 0 saturated heterocycles. The lowest BCUT2D eigenvalue weighted by atomic mass is 9.86. The third kappa shape index (κ3) is 2.19. The first-order valence-electron chi connectivity index (χ1n) is 5.40. The number of nitrogens with zero attached hydrogens (tertiary/aromatic N) is 2. The molecule has 0 aliphatic heterocycles. The standard InChI is InChI=1S/C11H16N2O2/c1-8-6-12-13(7-8)10-4-2-3-9(5-10)11(14)15/h6-7,9-10H,2-5H2,1H3,(H,14,15). The third-order valence-corrected chi connectivity index (χ3v) is 3.10. The molecule has 82 valence electrons. The molecule has 0 aromatic carbocycles. The summed E-state index contributed by atoms with van der Waals surface area (Å²) >= 11 is 0. The molecule has 0 radical (unpaired) electrons. The molecule has 1 heterocycles. The van der Waals surface area contributed by atoms with Gasteiger partial charge in [0.05, 0.1) is 18.2 Å². The van der Waals surface area contributed by atoms with Gasteiger partial charge in [0.2, 0.25) is 0 Å². The lowest BCUT2D eigenvalue weighted by Gasteiger charge is -2.26. The van der Waals surface area contributed by atoms with E-state index in [9.17, 15) is 4.79 Å². The summed E-state index contributed by atoms with van der Waals surface area (Å²) in [6, 6.07) is 0.272. The molecule has 0 spiro atoms. The van der Waals surface area contributed by atoms with Crippen LogP contribution in [0.1, 0.15) is 37.3 Å². The Hall–Kier alpha value is -1.32. The molecule has 1 aromatic rings. The second-order valence-electron chi connectivity index (χ2n) is 4.35.